The quantitative estimate of drug-likeness (QED) is 0.429. The number of aliphatic hydroxyl groups excluding tert-OH is 1. The Balaban J connectivity index is 2.98. The minimum absolute atomic E-state index is 0.0689. The number of nitrogens with one attached hydrogen (secondary N) is 1. The second-order valence-corrected chi connectivity index (χ2v) is 4.85. The van der Waals surface area contributed by atoms with E-state index in [4.69, 9.17) is 5.11 Å². The molecule has 0 aliphatic carbocycles. The van der Waals surface area contributed by atoms with Gasteiger partial charge in [0.05, 0.1) is 0 Å². The normalized spacial score (nSPS) is 10.8. The van der Waals surface area contributed by atoms with Crippen molar-refractivity contribution in [2.45, 2.75) is 5.71 Å². The van der Waals surface area contributed by atoms with Gasteiger partial charge in [-0.2, -0.15) is 0 Å². The van der Waals surface area contributed by atoms with Crippen LogP contribution in [0.5, 0.6) is 0 Å². The molecule has 0 saturated heterocycles. The van der Waals surface area contributed by atoms with E-state index < -0.39 is 4.92 Å². The van der Waals surface area contributed by atoms with Gasteiger partial charge < -0.3 is 0 Å². The Morgan fingerprint density at radius 3 is 2.93 bits per heavy atom. The molecule has 6 nitrogen and oxygen atoms in total. The van der Waals surface area contributed by atoms with Gasteiger partial charge >= 0.3 is 93.2 Å². The van der Waals surface area contributed by atoms with Gasteiger partial charge in [0.25, 0.3) is 0 Å². The summed E-state index contributed by atoms with van der Waals surface area (Å²) >= 11 is -0.376. The van der Waals surface area contributed by atoms with Crippen molar-refractivity contribution in [3.63, 3.8) is 0 Å². The van der Waals surface area contributed by atoms with Gasteiger partial charge in [-0.1, -0.05) is 0 Å². The molecule has 82 valence electrons. The first-order valence-corrected chi connectivity index (χ1v) is 7.51. The molecule has 0 spiro atoms. The van der Waals surface area contributed by atoms with E-state index >= 15 is 0 Å². The molecular formula is C8H12AsN3O3. The summed E-state index contributed by atoms with van der Waals surface area (Å²) in [5.41, 5.74) is 2.37. The third-order valence-electron chi connectivity index (χ3n) is 1.73. The Labute approximate surface area is 93.6 Å². The van der Waals surface area contributed by atoms with Crippen molar-refractivity contribution in [3.05, 3.63) is 22.2 Å². The number of aromatic nitrogens is 1. The van der Waals surface area contributed by atoms with Crippen LogP contribution in [0, 0.1) is 10.1 Å². The van der Waals surface area contributed by atoms with E-state index in [-0.39, 0.29) is 34.7 Å². The summed E-state index contributed by atoms with van der Waals surface area (Å²) in [5, 5.41) is 22.1. The molecule has 1 rings (SSSR count). The van der Waals surface area contributed by atoms with E-state index in [1.54, 1.807) is 12.1 Å². The van der Waals surface area contributed by atoms with Crippen LogP contribution in [-0.4, -0.2) is 43.9 Å². The van der Waals surface area contributed by atoms with E-state index in [1.165, 1.54) is 0 Å². The summed E-state index contributed by atoms with van der Waals surface area (Å²) in [7, 11) is 0. The van der Waals surface area contributed by atoms with Crippen LogP contribution < -0.4 is 9.80 Å². The molecule has 0 radical (unpaired) electrons. The first-order chi connectivity index (χ1) is 7.19. The van der Waals surface area contributed by atoms with E-state index in [9.17, 15) is 10.1 Å². The predicted octanol–water partition coefficient (Wildman–Crippen LogP) is -0.496. The fraction of sp³-hybridized carbons (Fsp3) is 0.375. The van der Waals surface area contributed by atoms with Gasteiger partial charge in [0, 0.05) is 0 Å². The Morgan fingerprint density at radius 1 is 1.67 bits per heavy atom. The Hall–Kier alpha value is -1.13. The molecule has 1 aromatic heterocycles. The molecule has 2 N–H and O–H groups in total. The van der Waals surface area contributed by atoms with Gasteiger partial charge in [0.1, 0.15) is 0 Å². The van der Waals surface area contributed by atoms with Gasteiger partial charge in [0.2, 0.25) is 0 Å². The Morgan fingerprint density at radius 2 is 2.40 bits per heavy atom. The van der Waals surface area contributed by atoms with Crippen molar-refractivity contribution in [2.75, 3.05) is 18.5 Å². The molecule has 0 amide bonds. The van der Waals surface area contributed by atoms with Crippen molar-refractivity contribution in [1.29, 1.82) is 0 Å². The third-order valence-corrected chi connectivity index (χ3v) is 3.39. The van der Waals surface area contributed by atoms with Crippen LogP contribution >= 0.6 is 0 Å². The molecular weight excluding hydrogens is 261 g/mol. The summed E-state index contributed by atoms with van der Waals surface area (Å²) in [6.45, 7) is 0.213. The summed E-state index contributed by atoms with van der Waals surface area (Å²) in [4.78, 5) is 14.2. The minimum atomic E-state index is -0.509. The van der Waals surface area contributed by atoms with E-state index in [1.807, 2.05) is 5.71 Å². The number of hydrogen-bond donors (Lipinski definition) is 2. The van der Waals surface area contributed by atoms with Crippen LogP contribution in [0.4, 0.5) is 11.5 Å². The van der Waals surface area contributed by atoms with E-state index in [0.29, 0.717) is 5.69 Å². The molecule has 1 unspecified atom stereocenters. The van der Waals surface area contributed by atoms with Crippen LogP contribution in [0.15, 0.2) is 12.1 Å². The maximum absolute atomic E-state index is 10.7. The average molecular weight is 273 g/mol. The molecule has 1 heterocycles. The van der Waals surface area contributed by atoms with Crippen molar-refractivity contribution >= 4 is 31.7 Å². The first-order valence-electron chi connectivity index (χ1n) is 4.37. The van der Waals surface area contributed by atoms with E-state index in [2.05, 4.69) is 10.3 Å². The van der Waals surface area contributed by atoms with Gasteiger partial charge in [-0.3, -0.25) is 0 Å². The number of pyridine rings is 1. The zero-order valence-electron chi connectivity index (χ0n) is 8.23. The summed E-state index contributed by atoms with van der Waals surface area (Å²) < 4.78 is 0.802. The number of anilines is 1. The fourth-order valence-corrected chi connectivity index (χ4v) is 2.04. The Kier molecular flexibility index (Phi) is 4.52. The number of hydrogen-bond acceptors (Lipinski definition) is 5. The standard InChI is InChI=1S/C8H12AsN3O3/c1-9-7-3-2-6(10-4-5-13)8(11-7)12(14)15/h2-3,9-10,13H,4-5H2,1H3. The fourth-order valence-electron chi connectivity index (χ4n) is 1.06. The summed E-state index contributed by atoms with van der Waals surface area (Å²) in [5.74, 6) is -0.161. The topological polar surface area (TPSA) is 88.3 Å². The molecule has 0 saturated carbocycles. The molecule has 0 aromatic carbocycles. The molecule has 0 bridgehead atoms. The van der Waals surface area contributed by atoms with Gasteiger partial charge in [-0.15, -0.1) is 0 Å². The van der Waals surface area contributed by atoms with Gasteiger partial charge in [-0.05, 0) is 0 Å². The van der Waals surface area contributed by atoms with Crippen molar-refractivity contribution < 1.29 is 10.0 Å². The SMILES string of the molecule is C[AsH]c1ccc(NCCO)c([N+](=O)[O-])n1. The van der Waals surface area contributed by atoms with Crippen molar-refractivity contribution in [1.82, 2.24) is 4.98 Å². The molecule has 1 aromatic rings. The van der Waals surface area contributed by atoms with Crippen LogP contribution in [0.25, 0.3) is 0 Å². The number of nitro groups is 1. The third kappa shape index (κ3) is 3.18. The van der Waals surface area contributed by atoms with Crippen LogP contribution in [0.1, 0.15) is 0 Å². The van der Waals surface area contributed by atoms with Crippen molar-refractivity contribution in [3.8, 4) is 0 Å². The summed E-state index contributed by atoms with van der Waals surface area (Å²) in [6.07, 6.45) is 0. The monoisotopic (exact) mass is 273 g/mol. The number of nitrogens with zero attached hydrogens (tertiary/aromatic N) is 2. The molecule has 1 atom stereocenters. The predicted molar refractivity (Wildman–Crippen MR) is 59.1 cm³/mol. The van der Waals surface area contributed by atoms with Gasteiger partial charge in [-0.25, -0.2) is 0 Å². The molecule has 0 aliphatic heterocycles. The molecule has 7 heteroatoms. The second kappa shape index (κ2) is 5.68. The zero-order valence-corrected chi connectivity index (χ0v) is 10.3. The molecule has 15 heavy (non-hydrogen) atoms. The zero-order chi connectivity index (χ0) is 11.3. The van der Waals surface area contributed by atoms with Crippen LogP contribution in [-0.2, 0) is 0 Å². The number of aliphatic hydroxyl groups is 1. The number of rotatable bonds is 5. The maximum atomic E-state index is 10.7. The van der Waals surface area contributed by atoms with Crippen LogP contribution in [0.3, 0.4) is 0 Å². The summed E-state index contributed by atoms with van der Waals surface area (Å²) in [6, 6.07) is 3.43. The van der Waals surface area contributed by atoms with E-state index in [0.717, 1.165) is 4.48 Å². The first kappa shape index (κ1) is 11.9. The molecule has 0 aliphatic rings. The van der Waals surface area contributed by atoms with Crippen molar-refractivity contribution in [2.24, 2.45) is 0 Å². The van der Waals surface area contributed by atoms with Gasteiger partial charge in [0.15, 0.2) is 0 Å². The second-order valence-electron chi connectivity index (χ2n) is 2.73. The van der Waals surface area contributed by atoms with Crippen LogP contribution in [0.2, 0.25) is 5.71 Å². The Bertz CT molecular complexity index is 359. The average Bonchev–Trinajstić information content (AvgIpc) is 2.26. The molecule has 0 fully saturated rings.